The highest BCUT2D eigenvalue weighted by Crippen LogP contribution is 2.35. The van der Waals surface area contributed by atoms with Crippen molar-refractivity contribution in [2.75, 3.05) is 4.90 Å². The molecular formula is C23H17NO. The van der Waals surface area contributed by atoms with Crippen molar-refractivity contribution < 1.29 is 4.79 Å². The van der Waals surface area contributed by atoms with Crippen LogP contribution in [0, 0.1) is 0 Å². The first-order valence-corrected chi connectivity index (χ1v) is 8.24. The monoisotopic (exact) mass is 323 g/mol. The molecule has 4 aromatic carbocycles. The minimum atomic E-state index is 0.697. The van der Waals surface area contributed by atoms with Gasteiger partial charge in [0.05, 0.1) is 0 Å². The Hall–Kier alpha value is -3.39. The van der Waals surface area contributed by atoms with Gasteiger partial charge in [-0.2, -0.15) is 0 Å². The van der Waals surface area contributed by atoms with Crippen molar-refractivity contribution in [3.63, 3.8) is 0 Å². The number of aldehydes is 1. The van der Waals surface area contributed by atoms with Gasteiger partial charge in [-0.1, -0.05) is 54.6 Å². The highest BCUT2D eigenvalue weighted by molar-refractivity contribution is 5.92. The Kier molecular flexibility index (Phi) is 4.01. The molecule has 25 heavy (non-hydrogen) atoms. The van der Waals surface area contributed by atoms with Crippen molar-refractivity contribution in [2.45, 2.75) is 0 Å². The Bertz CT molecular complexity index is 970. The molecule has 0 spiro atoms. The molecule has 2 nitrogen and oxygen atoms in total. The molecule has 0 unspecified atom stereocenters. The van der Waals surface area contributed by atoms with Gasteiger partial charge in [-0.25, -0.2) is 0 Å². The van der Waals surface area contributed by atoms with E-state index in [0.717, 1.165) is 34.1 Å². The van der Waals surface area contributed by atoms with Crippen LogP contribution in [0.5, 0.6) is 0 Å². The molecule has 0 amide bonds. The number of fused-ring (bicyclic) bond motifs is 1. The van der Waals surface area contributed by atoms with Crippen molar-refractivity contribution in [2.24, 2.45) is 0 Å². The summed E-state index contributed by atoms with van der Waals surface area (Å²) >= 11 is 0. The van der Waals surface area contributed by atoms with Gasteiger partial charge in [0.1, 0.15) is 6.29 Å². The first kappa shape index (κ1) is 15.2. The molecule has 0 saturated carbocycles. The van der Waals surface area contributed by atoms with Gasteiger partial charge in [-0.3, -0.25) is 4.79 Å². The Morgan fingerprint density at radius 1 is 0.560 bits per heavy atom. The number of hydrogen-bond donors (Lipinski definition) is 0. The molecule has 0 heterocycles. The highest BCUT2D eigenvalue weighted by atomic mass is 16.1. The number of carbonyl (C=O) groups excluding carboxylic acids is 1. The summed E-state index contributed by atoms with van der Waals surface area (Å²) in [7, 11) is 0. The fraction of sp³-hybridized carbons (Fsp3) is 0. The van der Waals surface area contributed by atoms with Crippen LogP contribution >= 0.6 is 0 Å². The van der Waals surface area contributed by atoms with E-state index in [-0.39, 0.29) is 0 Å². The second-order valence-electron chi connectivity index (χ2n) is 5.92. The van der Waals surface area contributed by atoms with E-state index in [4.69, 9.17) is 0 Å². The first-order chi connectivity index (χ1) is 12.3. The van der Waals surface area contributed by atoms with Crippen molar-refractivity contribution in [1.82, 2.24) is 0 Å². The number of hydrogen-bond acceptors (Lipinski definition) is 2. The summed E-state index contributed by atoms with van der Waals surface area (Å²) in [6.07, 6.45) is 0.883. The quantitative estimate of drug-likeness (QED) is 0.421. The third-order valence-corrected chi connectivity index (χ3v) is 4.27. The lowest BCUT2D eigenvalue weighted by atomic mass is 10.1. The smallest absolute Gasteiger partial charge is 0.150 e. The molecule has 4 aromatic rings. The van der Waals surface area contributed by atoms with Gasteiger partial charge < -0.3 is 4.90 Å². The molecule has 0 aromatic heterocycles. The summed E-state index contributed by atoms with van der Waals surface area (Å²) in [5.74, 6) is 0. The summed E-state index contributed by atoms with van der Waals surface area (Å²) < 4.78 is 0. The number of rotatable bonds is 4. The van der Waals surface area contributed by atoms with Gasteiger partial charge in [0.25, 0.3) is 0 Å². The van der Waals surface area contributed by atoms with E-state index in [9.17, 15) is 4.79 Å². The molecule has 0 bridgehead atoms. The van der Waals surface area contributed by atoms with Gasteiger partial charge in [0, 0.05) is 22.6 Å². The van der Waals surface area contributed by atoms with Gasteiger partial charge in [-0.05, 0) is 53.2 Å². The molecule has 4 rings (SSSR count). The minimum Gasteiger partial charge on any atom is -0.310 e. The van der Waals surface area contributed by atoms with Gasteiger partial charge >= 0.3 is 0 Å². The molecule has 0 radical (unpaired) electrons. The second kappa shape index (κ2) is 6.62. The summed E-state index contributed by atoms with van der Waals surface area (Å²) in [6.45, 7) is 0. The maximum Gasteiger partial charge on any atom is 0.150 e. The lowest BCUT2D eigenvalue weighted by Gasteiger charge is -2.25. The minimum absolute atomic E-state index is 0.697. The standard InChI is InChI=1S/C23H17NO/c25-17-18-11-12-20-16-23(14-13-19(20)15-18)24(21-7-3-1-4-8-21)22-9-5-2-6-10-22/h1-17H. The third-order valence-electron chi connectivity index (χ3n) is 4.27. The summed E-state index contributed by atoms with van der Waals surface area (Å²) in [4.78, 5) is 13.2. The predicted octanol–water partition coefficient (Wildman–Crippen LogP) is 6.12. The van der Waals surface area contributed by atoms with Crippen LogP contribution in [-0.4, -0.2) is 6.29 Å². The number of para-hydroxylation sites is 2. The number of anilines is 3. The molecule has 0 aliphatic heterocycles. The molecular weight excluding hydrogens is 306 g/mol. The zero-order chi connectivity index (χ0) is 17.1. The van der Waals surface area contributed by atoms with Crippen LogP contribution < -0.4 is 4.90 Å². The molecule has 2 heteroatoms. The highest BCUT2D eigenvalue weighted by Gasteiger charge is 2.12. The SMILES string of the molecule is O=Cc1ccc2cc(N(c3ccccc3)c3ccccc3)ccc2c1. The first-order valence-electron chi connectivity index (χ1n) is 8.24. The maximum atomic E-state index is 11.0. The summed E-state index contributed by atoms with van der Waals surface area (Å²) in [5.41, 5.74) is 4.00. The normalized spacial score (nSPS) is 10.6. The summed E-state index contributed by atoms with van der Waals surface area (Å²) in [5, 5.41) is 2.18. The van der Waals surface area contributed by atoms with Crippen LogP contribution in [0.25, 0.3) is 10.8 Å². The van der Waals surface area contributed by atoms with Crippen LogP contribution in [0.2, 0.25) is 0 Å². The lowest BCUT2D eigenvalue weighted by molar-refractivity contribution is 0.112. The molecule has 0 N–H and O–H groups in total. The fourth-order valence-electron chi connectivity index (χ4n) is 3.07. The van der Waals surface area contributed by atoms with E-state index in [0.29, 0.717) is 5.56 Å². The number of carbonyl (C=O) groups is 1. The fourth-order valence-corrected chi connectivity index (χ4v) is 3.07. The Morgan fingerprint density at radius 3 is 1.72 bits per heavy atom. The van der Waals surface area contributed by atoms with E-state index >= 15 is 0 Å². The van der Waals surface area contributed by atoms with E-state index in [1.807, 2.05) is 54.6 Å². The van der Waals surface area contributed by atoms with Crippen LogP contribution in [0.1, 0.15) is 10.4 Å². The average molecular weight is 323 g/mol. The molecule has 0 fully saturated rings. The van der Waals surface area contributed by atoms with Gasteiger partial charge in [0.15, 0.2) is 0 Å². The lowest BCUT2D eigenvalue weighted by Crippen LogP contribution is -2.09. The summed E-state index contributed by atoms with van der Waals surface area (Å²) in [6, 6.07) is 32.7. The van der Waals surface area contributed by atoms with Crippen molar-refractivity contribution in [3.05, 3.63) is 103 Å². The Morgan fingerprint density at radius 2 is 1.12 bits per heavy atom. The van der Waals surface area contributed by atoms with E-state index in [1.54, 1.807) is 0 Å². The third kappa shape index (κ3) is 3.02. The molecule has 0 aliphatic rings. The van der Waals surface area contributed by atoms with Crippen LogP contribution in [0.4, 0.5) is 17.1 Å². The predicted molar refractivity (Wildman–Crippen MR) is 104 cm³/mol. The van der Waals surface area contributed by atoms with Crippen LogP contribution in [-0.2, 0) is 0 Å². The zero-order valence-electron chi connectivity index (χ0n) is 13.7. The van der Waals surface area contributed by atoms with Crippen molar-refractivity contribution >= 4 is 34.1 Å². The number of nitrogens with zero attached hydrogens (tertiary/aromatic N) is 1. The average Bonchev–Trinajstić information content (AvgIpc) is 2.69. The second-order valence-corrected chi connectivity index (χ2v) is 5.92. The van der Waals surface area contributed by atoms with Crippen molar-refractivity contribution in [3.8, 4) is 0 Å². The Balaban J connectivity index is 1.87. The topological polar surface area (TPSA) is 20.3 Å². The van der Waals surface area contributed by atoms with Gasteiger partial charge in [0.2, 0.25) is 0 Å². The Labute approximate surface area is 147 Å². The zero-order valence-corrected chi connectivity index (χ0v) is 13.7. The molecule has 0 aliphatic carbocycles. The van der Waals surface area contributed by atoms with Crippen LogP contribution in [0.15, 0.2) is 97.1 Å². The molecule has 0 saturated heterocycles. The van der Waals surface area contributed by atoms with E-state index < -0.39 is 0 Å². The number of benzene rings is 4. The van der Waals surface area contributed by atoms with Crippen LogP contribution in [0.3, 0.4) is 0 Å². The van der Waals surface area contributed by atoms with E-state index in [2.05, 4.69) is 47.4 Å². The maximum absolute atomic E-state index is 11.0. The molecule has 120 valence electrons. The van der Waals surface area contributed by atoms with Gasteiger partial charge in [-0.15, -0.1) is 0 Å². The van der Waals surface area contributed by atoms with Crippen molar-refractivity contribution in [1.29, 1.82) is 0 Å². The largest absolute Gasteiger partial charge is 0.310 e. The van der Waals surface area contributed by atoms with E-state index in [1.165, 1.54) is 0 Å². The molecule has 0 atom stereocenters.